The van der Waals surface area contributed by atoms with Crippen molar-refractivity contribution in [2.75, 3.05) is 11.9 Å². The van der Waals surface area contributed by atoms with Crippen LogP contribution in [0.3, 0.4) is 0 Å². The Labute approximate surface area is 108 Å². The zero-order valence-electron chi connectivity index (χ0n) is 9.88. The van der Waals surface area contributed by atoms with Gasteiger partial charge in [-0.1, -0.05) is 30.9 Å². The maximum Gasteiger partial charge on any atom is 0.101 e. The molecule has 17 heavy (non-hydrogen) atoms. The molecule has 0 atom stereocenters. The van der Waals surface area contributed by atoms with Gasteiger partial charge in [-0.3, -0.25) is 0 Å². The molecule has 0 saturated heterocycles. The smallest absolute Gasteiger partial charge is 0.101 e. The highest BCUT2D eigenvalue weighted by Gasteiger charge is 2.13. The molecule has 1 saturated carbocycles. The van der Waals surface area contributed by atoms with Crippen molar-refractivity contribution in [1.82, 2.24) is 0 Å². The van der Waals surface area contributed by atoms with Gasteiger partial charge in [0.25, 0.3) is 0 Å². The molecule has 0 unspecified atom stereocenters. The van der Waals surface area contributed by atoms with Crippen LogP contribution in [0, 0.1) is 17.2 Å². The van der Waals surface area contributed by atoms with Gasteiger partial charge in [0.15, 0.2) is 0 Å². The second-order valence-electron chi connectivity index (χ2n) is 4.69. The lowest BCUT2D eigenvalue weighted by Crippen LogP contribution is -2.17. The first-order valence-corrected chi connectivity index (χ1v) is 6.61. The van der Waals surface area contributed by atoms with Crippen LogP contribution in [0.1, 0.15) is 37.7 Å². The van der Waals surface area contributed by atoms with Gasteiger partial charge >= 0.3 is 0 Å². The lowest BCUT2D eigenvalue weighted by Gasteiger charge is -2.22. The van der Waals surface area contributed by atoms with Gasteiger partial charge in [-0.15, -0.1) is 0 Å². The number of hydrogen-bond acceptors (Lipinski definition) is 2. The molecule has 3 heteroatoms. The third kappa shape index (κ3) is 3.38. The molecule has 1 aromatic rings. The Kier molecular flexibility index (Phi) is 4.28. The summed E-state index contributed by atoms with van der Waals surface area (Å²) in [6.07, 6.45) is 6.65. The van der Waals surface area contributed by atoms with Gasteiger partial charge < -0.3 is 5.32 Å². The van der Waals surface area contributed by atoms with Crippen molar-refractivity contribution in [3.05, 3.63) is 28.8 Å². The zero-order valence-corrected chi connectivity index (χ0v) is 10.6. The van der Waals surface area contributed by atoms with Crippen LogP contribution in [-0.4, -0.2) is 6.54 Å². The topological polar surface area (TPSA) is 35.8 Å². The van der Waals surface area contributed by atoms with Gasteiger partial charge in [0.1, 0.15) is 6.07 Å². The first kappa shape index (κ1) is 12.3. The first-order chi connectivity index (χ1) is 8.29. The molecule has 1 aliphatic rings. The quantitative estimate of drug-likeness (QED) is 0.870. The van der Waals surface area contributed by atoms with E-state index in [2.05, 4.69) is 11.4 Å². The molecule has 0 bridgehead atoms. The van der Waals surface area contributed by atoms with Gasteiger partial charge in [-0.2, -0.15) is 5.26 Å². The number of benzene rings is 1. The third-order valence-corrected chi connectivity index (χ3v) is 3.64. The summed E-state index contributed by atoms with van der Waals surface area (Å²) in [6, 6.07) is 7.55. The average Bonchev–Trinajstić information content (AvgIpc) is 2.38. The highest BCUT2D eigenvalue weighted by atomic mass is 35.5. The Hall–Kier alpha value is -1.20. The number of nitrogens with zero attached hydrogens (tertiary/aromatic N) is 1. The molecule has 0 radical (unpaired) electrons. The Morgan fingerprint density at radius 1 is 1.29 bits per heavy atom. The summed E-state index contributed by atoms with van der Waals surface area (Å²) >= 11 is 5.95. The number of anilines is 1. The normalized spacial score (nSPS) is 16.5. The van der Waals surface area contributed by atoms with Gasteiger partial charge in [-0.05, 0) is 37.0 Å². The number of rotatable bonds is 3. The molecule has 1 fully saturated rings. The Balaban J connectivity index is 1.98. The largest absolute Gasteiger partial charge is 0.384 e. The van der Waals surface area contributed by atoms with Gasteiger partial charge in [0.2, 0.25) is 0 Å². The molecule has 1 aliphatic carbocycles. The van der Waals surface area contributed by atoms with Crippen LogP contribution in [-0.2, 0) is 0 Å². The van der Waals surface area contributed by atoms with Crippen molar-refractivity contribution in [1.29, 1.82) is 5.26 Å². The summed E-state index contributed by atoms with van der Waals surface area (Å²) in [6.45, 7) is 0.953. The fourth-order valence-corrected chi connectivity index (χ4v) is 2.58. The summed E-state index contributed by atoms with van der Waals surface area (Å²) in [4.78, 5) is 0. The van der Waals surface area contributed by atoms with Crippen molar-refractivity contribution in [3.63, 3.8) is 0 Å². The predicted octanol–water partition coefficient (Wildman–Crippen LogP) is 4.20. The standard InChI is InChI=1S/C14H17ClN2/c15-13-7-6-12(9-16)14(8-13)17-10-11-4-2-1-3-5-11/h6-8,11,17H,1-5,10H2. The summed E-state index contributed by atoms with van der Waals surface area (Å²) in [5, 5.41) is 13.1. The van der Waals surface area contributed by atoms with E-state index in [1.807, 2.05) is 6.07 Å². The SMILES string of the molecule is N#Cc1ccc(Cl)cc1NCC1CCCCC1. The predicted molar refractivity (Wildman–Crippen MR) is 71.2 cm³/mol. The van der Waals surface area contributed by atoms with E-state index in [1.54, 1.807) is 12.1 Å². The van der Waals surface area contributed by atoms with Crippen LogP contribution >= 0.6 is 11.6 Å². The highest BCUT2D eigenvalue weighted by Crippen LogP contribution is 2.25. The molecule has 0 amide bonds. The van der Waals surface area contributed by atoms with Crippen LogP contribution in [0.25, 0.3) is 0 Å². The second-order valence-corrected chi connectivity index (χ2v) is 5.12. The van der Waals surface area contributed by atoms with E-state index in [-0.39, 0.29) is 0 Å². The van der Waals surface area contributed by atoms with Crippen molar-refractivity contribution in [2.24, 2.45) is 5.92 Å². The van der Waals surface area contributed by atoms with Crippen molar-refractivity contribution in [3.8, 4) is 6.07 Å². The number of nitriles is 1. The van der Waals surface area contributed by atoms with E-state index in [4.69, 9.17) is 16.9 Å². The monoisotopic (exact) mass is 248 g/mol. The number of hydrogen-bond donors (Lipinski definition) is 1. The molecule has 1 N–H and O–H groups in total. The molecule has 2 rings (SSSR count). The van der Waals surface area contributed by atoms with E-state index < -0.39 is 0 Å². The van der Waals surface area contributed by atoms with Crippen LogP contribution < -0.4 is 5.32 Å². The lowest BCUT2D eigenvalue weighted by atomic mass is 9.89. The second kappa shape index (κ2) is 5.93. The highest BCUT2D eigenvalue weighted by molar-refractivity contribution is 6.30. The Morgan fingerprint density at radius 2 is 2.06 bits per heavy atom. The molecule has 0 heterocycles. The van der Waals surface area contributed by atoms with Crippen LogP contribution in [0.4, 0.5) is 5.69 Å². The Morgan fingerprint density at radius 3 is 2.76 bits per heavy atom. The summed E-state index contributed by atoms with van der Waals surface area (Å²) in [7, 11) is 0. The van der Waals surface area contributed by atoms with Gasteiger partial charge in [0, 0.05) is 11.6 Å². The van der Waals surface area contributed by atoms with E-state index in [9.17, 15) is 0 Å². The van der Waals surface area contributed by atoms with Crippen LogP contribution in [0.15, 0.2) is 18.2 Å². The van der Waals surface area contributed by atoms with E-state index in [0.717, 1.165) is 18.2 Å². The summed E-state index contributed by atoms with van der Waals surface area (Å²) in [5.41, 5.74) is 1.54. The summed E-state index contributed by atoms with van der Waals surface area (Å²) < 4.78 is 0. The Bertz CT molecular complexity index is 417. The fourth-order valence-electron chi connectivity index (χ4n) is 2.41. The molecular formula is C14H17ClN2. The number of nitrogens with one attached hydrogen (secondary N) is 1. The molecule has 1 aromatic carbocycles. The zero-order chi connectivity index (χ0) is 12.1. The molecule has 90 valence electrons. The van der Waals surface area contributed by atoms with Gasteiger partial charge in [-0.25, -0.2) is 0 Å². The number of halogens is 1. The van der Waals surface area contributed by atoms with E-state index in [1.165, 1.54) is 32.1 Å². The van der Waals surface area contributed by atoms with Gasteiger partial charge in [0.05, 0.1) is 11.3 Å². The lowest BCUT2D eigenvalue weighted by molar-refractivity contribution is 0.373. The van der Waals surface area contributed by atoms with Crippen molar-refractivity contribution >= 4 is 17.3 Å². The molecular weight excluding hydrogens is 232 g/mol. The van der Waals surface area contributed by atoms with E-state index >= 15 is 0 Å². The summed E-state index contributed by atoms with van der Waals surface area (Å²) in [5.74, 6) is 0.745. The van der Waals surface area contributed by atoms with Crippen LogP contribution in [0.2, 0.25) is 5.02 Å². The first-order valence-electron chi connectivity index (χ1n) is 6.23. The maximum absolute atomic E-state index is 9.01. The minimum atomic E-state index is 0.671. The van der Waals surface area contributed by atoms with E-state index in [0.29, 0.717) is 10.6 Å². The average molecular weight is 249 g/mol. The molecule has 0 aliphatic heterocycles. The van der Waals surface area contributed by atoms with Crippen LogP contribution in [0.5, 0.6) is 0 Å². The third-order valence-electron chi connectivity index (χ3n) is 3.41. The molecule has 0 spiro atoms. The minimum absolute atomic E-state index is 0.671. The van der Waals surface area contributed by atoms with Crippen molar-refractivity contribution in [2.45, 2.75) is 32.1 Å². The van der Waals surface area contributed by atoms with Crippen molar-refractivity contribution < 1.29 is 0 Å². The fraction of sp³-hybridized carbons (Fsp3) is 0.500. The molecule has 0 aromatic heterocycles. The molecule has 2 nitrogen and oxygen atoms in total. The maximum atomic E-state index is 9.01. The minimum Gasteiger partial charge on any atom is -0.384 e.